The lowest BCUT2D eigenvalue weighted by atomic mass is 9.98. The van der Waals surface area contributed by atoms with Crippen LogP contribution in [0.2, 0.25) is 0 Å². The zero-order chi connectivity index (χ0) is 27.6. The molecule has 7 heteroatoms. The van der Waals surface area contributed by atoms with Gasteiger partial charge < -0.3 is 25.6 Å². The summed E-state index contributed by atoms with van der Waals surface area (Å²) in [6, 6.07) is 28.7. The molecule has 1 fully saturated rings. The summed E-state index contributed by atoms with van der Waals surface area (Å²) in [5.41, 5.74) is 10.6. The number of anilines is 1. The van der Waals surface area contributed by atoms with Gasteiger partial charge in [-0.3, -0.25) is 0 Å². The summed E-state index contributed by atoms with van der Waals surface area (Å²) < 4.78 is 5.56. The molecule has 1 aliphatic heterocycles. The van der Waals surface area contributed by atoms with Crippen LogP contribution in [0.5, 0.6) is 5.75 Å². The van der Waals surface area contributed by atoms with E-state index in [9.17, 15) is 0 Å². The summed E-state index contributed by atoms with van der Waals surface area (Å²) in [5.74, 6) is 2.35. The van der Waals surface area contributed by atoms with Crippen LogP contribution in [-0.4, -0.2) is 79.2 Å². The molecule has 1 aliphatic rings. The van der Waals surface area contributed by atoms with Crippen LogP contribution in [0, 0.1) is 0 Å². The fraction of sp³-hybridized carbons (Fsp3) is 0.333. The molecule has 40 heavy (non-hydrogen) atoms. The maximum absolute atomic E-state index is 5.69. The maximum Gasteiger partial charge on any atom is 0.162 e. The highest BCUT2D eigenvalue weighted by Crippen LogP contribution is 2.38. The second-order valence-corrected chi connectivity index (χ2v) is 10.2. The van der Waals surface area contributed by atoms with Crippen molar-refractivity contribution in [3.63, 3.8) is 0 Å². The van der Waals surface area contributed by atoms with E-state index < -0.39 is 0 Å². The van der Waals surface area contributed by atoms with E-state index >= 15 is 0 Å². The van der Waals surface area contributed by atoms with E-state index in [0.29, 0.717) is 5.82 Å². The minimum atomic E-state index is 0.703. The summed E-state index contributed by atoms with van der Waals surface area (Å²) in [7, 11) is 1.69. The van der Waals surface area contributed by atoms with Crippen molar-refractivity contribution in [1.29, 1.82) is 0 Å². The SMILES string of the molecule is COc1cccc(-c2nc(-c3ccccc3)nc(NCCCN3CCN(CCCN)CC3)c2-c2ccccc2)c1. The topological polar surface area (TPSA) is 79.5 Å². The van der Waals surface area contributed by atoms with Crippen molar-refractivity contribution >= 4 is 5.82 Å². The van der Waals surface area contributed by atoms with Crippen molar-refractivity contribution in [2.75, 3.05) is 64.8 Å². The first-order valence-corrected chi connectivity index (χ1v) is 14.3. The molecule has 0 spiro atoms. The highest BCUT2D eigenvalue weighted by atomic mass is 16.5. The molecule has 208 valence electrons. The van der Waals surface area contributed by atoms with Crippen LogP contribution in [0.4, 0.5) is 5.82 Å². The molecule has 0 unspecified atom stereocenters. The van der Waals surface area contributed by atoms with E-state index in [-0.39, 0.29) is 0 Å². The molecule has 5 rings (SSSR count). The molecule has 0 atom stereocenters. The molecular weight excluding hydrogens is 496 g/mol. The highest BCUT2D eigenvalue weighted by Gasteiger charge is 2.20. The Kier molecular flexibility index (Phi) is 9.74. The minimum Gasteiger partial charge on any atom is -0.497 e. The molecule has 0 aliphatic carbocycles. The van der Waals surface area contributed by atoms with E-state index in [1.807, 2.05) is 42.5 Å². The predicted molar refractivity (Wildman–Crippen MR) is 165 cm³/mol. The summed E-state index contributed by atoms with van der Waals surface area (Å²) in [4.78, 5) is 15.3. The Hall–Kier alpha value is -3.78. The molecule has 3 N–H and O–H groups in total. The lowest BCUT2D eigenvalue weighted by Gasteiger charge is -2.34. The summed E-state index contributed by atoms with van der Waals surface area (Å²) in [6.07, 6.45) is 2.12. The third-order valence-electron chi connectivity index (χ3n) is 7.43. The van der Waals surface area contributed by atoms with Gasteiger partial charge in [0.2, 0.25) is 0 Å². The first-order chi connectivity index (χ1) is 19.7. The number of hydrogen-bond donors (Lipinski definition) is 2. The Bertz CT molecular complexity index is 1340. The number of nitrogens with one attached hydrogen (secondary N) is 1. The van der Waals surface area contributed by atoms with E-state index in [0.717, 1.165) is 105 Å². The van der Waals surface area contributed by atoms with Crippen LogP contribution < -0.4 is 15.8 Å². The van der Waals surface area contributed by atoms with E-state index in [1.54, 1.807) is 7.11 Å². The number of nitrogens with zero attached hydrogens (tertiary/aromatic N) is 4. The Morgan fingerprint density at radius 2 is 1.38 bits per heavy atom. The number of benzene rings is 3. The van der Waals surface area contributed by atoms with Gasteiger partial charge >= 0.3 is 0 Å². The fourth-order valence-corrected chi connectivity index (χ4v) is 5.22. The average molecular weight is 537 g/mol. The number of hydrogen-bond acceptors (Lipinski definition) is 7. The lowest BCUT2D eigenvalue weighted by Crippen LogP contribution is -2.47. The summed E-state index contributed by atoms with van der Waals surface area (Å²) in [6.45, 7) is 8.26. The van der Waals surface area contributed by atoms with Crippen molar-refractivity contribution in [1.82, 2.24) is 19.8 Å². The van der Waals surface area contributed by atoms with Gasteiger partial charge in [-0.05, 0) is 50.2 Å². The molecular formula is C33H40N6O. The van der Waals surface area contributed by atoms with Gasteiger partial charge in [0, 0.05) is 43.9 Å². The van der Waals surface area contributed by atoms with Gasteiger partial charge in [0.15, 0.2) is 5.82 Å². The van der Waals surface area contributed by atoms with Crippen molar-refractivity contribution < 1.29 is 4.74 Å². The third-order valence-corrected chi connectivity index (χ3v) is 7.43. The zero-order valence-electron chi connectivity index (χ0n) is 23.4. The molecule has 0 amide bonds. The molecule has 0 saturated carbocycles. The van der Waals surface area contributed by atoms with E-state index in [2.05, 4.69) is 57.6 Å². The fourth-order valence-electron chi connectivity index (χ4n) is 5.22. The highest BCUT2D eigenvalue weighted by molar-refractivity contribution is 5.89. The normalized spacial score (nSPS) is 14.2. The average Bonchev–Trinajstić information content (AvgIpc) is 3.03. The first kappa shape index (κ1) is 27.8. The molecule has 7 nitrogen and oxygen atoms in total. The van der Waals surface area contributed by atoms with Gasteiger partial charge in [0.05, 0.1) is 18.4 Å². The Balaban J connectivity index is 1.41. The third kappa shape index (κ3) is 7.04. The van der Waals surface area contributed by atoms with Crippen molar-refractivity contribution in [3.8, 4) is 39.5 Å². The van der Waals surface area contributed by atoms with E-state index in [4.69, 9.17) is 20.4 Å². The number of methoxy groups -OCH3 is 1. The van der Waals surface area contributed by atoms with Crippen LogP contribution >= 0.6 is 0 Å². The van der Waals surface area contributed by atoms with Gasteiger partial charge in [-0.1, -0.05) is 72.8 Å². The van der Waals surface area contributed by atoms with Crippen molar-refractivity contribution in [3.05, 3.63) is 84.9 Å². The van der Waals surface area contributed by atoms with Crippen molar-refractivity contribution in [2.45, 2.75) is 12.8 Å². The zero-order valence-corrected chi connectivity index (χ0v) is 23.4. The van der Waals surface area contributed by atoms with Gasteiger partial charge in [-0.15, -0.1) is 0 Å². The van der Waals surface area contributed by atoms with Gasteiger partial charge in [-0.25, -0.2) is 9.97 Å². The second-order valence-electron chi connectivity index (χ2n) is 10.2. The van der Waals surface area contributed by atoms with Gasteiger partial charge in [-0.2, -0.15) is 0 Å². The number of ether oxygens (including phenoxy) is 1. The molecule has 3 aromatic carbocycles. The number of piperazine rings is 1. The molecule has 2 heterocycles. The second kappa shape index (κ2) is 14.0. The largest absolute Gasteiger partial charge is 0.497 e. The monoisotopic (exact) mass is 536 g/mol. The summed E-state index contributed by atoms with van der Waals surface area (Å²) >= 11 is 0. The van der Waals surface area contributed by atoms with Crippen molar-refractivity contribution in [2.24, 2.45) is 5.73 Å². The van der Waals surface area contributed by atoms with Crippen LogP contribution in [0.3, 0.4) is 0 Å². The predicted octanol–water partition coefficient (Wildman–Crippen LogP) is 5.25. The maximum atomic E-state index is 5.69. The molecule has 1 saturated heterocycles. The Labute approximate surface area is 238 Å². The van der Waals surface area contributed by atoms with Crippen LogP contribution in [0.15, 0.2) is 84.9 Å². The minimum absolute atomic E-state index is 0.703. The number of aromatic nitrogens is 2. The van der Waals surface area contributed by atoms with Gasteiger partial charge in [0.25, 0.3) is 0 Å². The van der Waals surface area contributed by atoms with E-state index in [1.165, 1.54) is 0 Å². The Morgan fingerprint density at radius 3 is 2.02 bits per heavy atom. The molecule has 0 radical (unpaired) electrons. The van der Waals surface area contributed by atoms with Crippen LogP contribution in [0.25, 0.3) is 33.8 Å². The standard InChI is InChI=1S/C33H40N6O/c1-40-29-16-8-15-28(25-29)31-30(26-11-4-2-5-12-26)33(37-32(36-31)27-13-6-3-7-14-27)35-18-10-20-39-23-21-38(22-24-39)19-9-17-34/h2-8,11-16,25H,9-10,17-24,34H2,1H3,(H,35,36,37). The first-order valence-electron chi connectivity index (χ1n) is 14.3. The van der Waals surface area contributed by atoms with Crippen LogP contribution in [0.1, 0.15) is 12.8 Å². The lowest BCUT2D eigenvalue weighted by molar-refractivity contribution is 0.132. The molecule has 4 aromatic rings. The quantitative estimate of drug-likeness (QED) is 0.239. The number of rotatable bonds is 12. The number of nitrogens with two attached hydrogens (primary N) is 1. The molecule has 1 aromatic heterocycles. The summed E-state index contributed by atoms with van der Waals surface area (Å²) in [5, 5.41) is 3.70. The Morgan fingerprint density at radius 1 is 0.750 bits per heavy atom. The smallest absolute Gasteiger partial charge is 0.162 e. The molecule has 0 bridgehead atoms. The van der Waals surface area contributed by atoms with Crippen LogP contribution in [-0.2, 0) is 0 Å². The van der Waals surface area contributed by atoms with Gasteiger partial charge in [0.1, 0.15) is 11.6 Å².